The van der Waals surface area contributed by atoms with E-state index in [-0.39, 0.29) is 6.54 Å². The molecule has 1 unspecified atom stereocenters. The van der Waals surface area contributed by atoms with Gasteiger partial charge in [-0.3, -0.25) is 4.79 Å². The number of halogens is 6. The summed E-state index contributed by atoms with van der Waals surface area (Å²) in [5, 5.41) is 0.882. The highest BCUT2D eigenvalue weighted by atomic mass is 19.4. The van der Waals surface area contributed by atoms with Gasteiger partial charge in [-0.15, -0.1) is 0 Å². The second kappa shape index (κ2) is 8.72. The summed E-state index contributed by atoms with van der Waals surface area (Å²) < 4.78 is 81.1. The highest BCUT2D eigenvalue weighted by molar-refractivity contribution is 5.99. The van der Waals surface area contributed by atoms with Gasteiger partial charge in [0.1, 0.15) is 0 Å². The van der Waals surface area contributed by atoms with Gasteiger partial charge in [0.2, 0.25) is 0 Å². The lowest BCUT2D eigenvalue weighted by molar-refractivity contribution is -0.141. The zero-order valence-corrected chi connectivity index (χ0v) is 18.8. The summed E-state index contributed by atoms with van der Waals surface area (Å²) in [7, 11) is 0. The van der Waals surface area contributed by atoms with Gasteiger partial charge in [-0.05, 0) is 42.7 Å². The molecular weight excluding hydrogens is 482 g/mol. The molecule has 2 heterocycles. The van der Waals surface area contributed by atoms with Crippen molar-refractivity contribution in [2.75, 3.05) is 6.54 Å². The molecule has 1 aliphatic heterocycles. The fraction of sp³-hybridized carbons (Fsp3) is 0.222. The van der Waals surface area contributed by atoms with E-state index < -0.39 is 41.0 Å². The van der Waals surface area contributed by atoms with Crippen LogP contribution in [-0.4, -0.2) is 22.3 Å². The first-order valence-corrected chi connectivity index (χ1v) is 11.3. The molecule has 1 amide bonds. The van der Waals surface area contributed by atoms with Gasteiger partial charge in [0, 0.05) is 28.7 Å². The molecule has 0 saturated carbocycles. The summed E-state index contributed by atoms with van der Waals surface area (Å²) >= 11 is 0. The first kappa shape index (κ1) is 24.0. The first-order valence-electron chi connectivity index (χ1n) is 11.3. The molecule has 1 aromatic heterocycles. The molecule has 1 fully saturated rings. The lowest BCUT2D eigenvalue weighted by atomic mass is 9.97. The minimum Gasteiger partial charge on any atom is -0.356 e. The summed E-state index contributed by atoms with van der Waals surface area (Å²) in [5.41, 5.74) is -0.567. The van der Waals surface area contributed by atoms with Gasteiger partial charge in [0.25, 0.3) is 5.91 Å². The zero-order chi connectivity index (χ0) is 25.7. The third-order valence-electron chi connectivity index (χ3n) is 6.53. The van der Waals surface area contributed by atoms with Crippen LogP contribution >= 0.6 is 0 Å². The number of nitrogens with one attached hydrogen (secondary N) is 1. The van der Waals surface area contributed by atoms with Crippen LogP contribution < -0.4 is 0 Å². The Labute approximate surface area is 202 Å². The fourth-order valence-electron chi connectivity index (χ4n) is 4.94. The number of carbonyl (C=O) groups is 1. The Hall–Kier alpha value is -3.75. The van der Waals surface area contributed by atoms with Crippen LogP contribution in [0.15, 0.2) is 72.8 Å². The number of para-hydroxylation sites is 1. The third-order valence-corrected chi connectivity index (χ3v) is 6.53. The predicted octanol–water partition coefficient (Wildman–Crippen LogP) is 7.85. The average molecular weight is 502 g/mol. The van der Waals surface area contributed by atoms with Crippen LogP contribution in [0, 0.1) is 0 Å². The van der Waals surface area contributed by atoms with Crippen molar-refractivity contribution in [1.29, 1.82) is 0 Å². The molecule has 0 spiro atoms. The normalized spacial score (nSPS) is 16.6. The van der Waals surface area contributed by atoms with Crippen LogP contribution in [0.5, 0.6) is 0 Å². The van der Waals surface area contributed by atoms with Crippen molar-refractivity contribution in [1.82, 2.24) is 9.88 Å². The standard InChI is InChI=1S/C27H20F6N2O/c28-26(29,30)17-12-13-20(27(31,32)33)19(15-17)25(36)35-14-6-11-22(35)24-23(16-7-2-1-3-8-16)18-9-4-5-10-21(18)34-24/h1-5,7-10,12-13,15,22,34H,6,11,14H2. The number of aromatic nitrogens is 1. The number of amides is 1. The Bertz CT molecular complexity index is 1420. The number of carbonyl (C=O) groups excluding carboxylic acids is 1. The monoisotopic (exact) mass is 502 g/mol. The van der Waals surface area contributed by atoms with Crippen molar-refractivity contribution >= 4 is 16.8 Å². The lowest BCUT2D eigenvalue weighted by Crippen LogP contribution is -2.33. The van der Waals surface area contributed by atoms with Gasteiger partial charge in [-0.1, -0.05) is 48.5 Å². The summed E-state index contributed by atoms with van der Waals surface area (Å²) in [5.74, 6) is -1.08. The van der Waals surface area contributed by atoms with E-state index in [1.54, 1.807) is 0 Å². The van der Waals surface area contributed by atoms with Crippen molar-refractivity contribution in [2.45, 2.75) is 31.2 Å². The van der Waals surface area contributed by atoms with Crippen molar-refractivity contribution < 1.29 is 31.1 Å². The maximum Gasteiger partial charge on any atom is 0.417 e. The van der Waals surface area contributed by atoms with Crippen LogP contribution in [-0.2, 0) is 12.4 Å². The molecule has 0 bridgehead atoms. The van der Waals surface area contributed by atoms with E-state index in [2.05, 4.69) is 4.98 Å². The Morgan fingerprint density at radius 3 is 2.25 bits per heavy atom. The maximum atomic E-state index is 13.7. The second-order valence-corrected chi connectivity index (χ2v) is 8.74. The molecule has 1 aliphatic rings. The Morgan fingerprint density at radius 2 is 1.56 bits per heavy atom. The van der Waals surface area contributed by atoms with E-state index in [0.717, 1.165) is 22.0 Å². The molecule has 3 nitrogen and oxygen atoms in total. The number of fused-ring (bicyclic) bond motifs is 1. The van der Waals surface area contributed by atoms with E-state index in [1.807, 2.05) is 54.6 Å². The fourth-order valence-corrected chi connectivity index (χ4v) is 4.94. The van der Waals surface area contributed by atoms with Crippen LogP contribution in [0.25, 0.3) is 22.0 Å². The van der Waals surface area contributed by atoms with Gasteiger partial charge < -0.3 is 9.88 Å². The summed E-state index contributed by atoms with van der Waals surface area (Å²) in [6, 6.07) is 17.2. The molecule has 4 aromatic rings. The molecule has 0 aliphatic carbocycles. The minimum absolute atomic E-state index is 0.126. The van der Waals surface area contributed by atoms with Crippen molar-refractivity contribution in [3.8, 4) is 11.1 Å². The summed E-state index contributed by atoms with van der Waals surface area (Å²) in [6.07, 6.45) is -8.92. The molecule has 1 saturated heterocycles. The zero-order valence-electron chi connectivity index (χ0n) is 18.8. The van der Waals surface area contributed by atoms with Crippen molar-refractivity contribution in [3.63, 3.8) is 0 Å². The minimum atomic E-state index is -4.99. The second-order valence-electron chi connectivity index (χ2n) is 8.74. The predicted molar refractivity (Wildman–Crippen MR) is 123 cm³/mol. The number of benzene rings is 3. The molecule has 5 rings (SSSR count). The smallest absolute Gasteiger partial charge is 0.356 e. The van der Waals surface area contributed by atoms with Gasteiger partial charge in [0.05, 0.1) is 22.7 Å². The Morgan fingerprint density at radius 1 is 0.861 bits per heavy atom. The molecule has 186 valence electrons. The topological polar surface area (TPSA) is 36.1 Å². The Kier molecular flexibility index (Phi) is 5.81. The molecule has 9 heteroatoms. The molecule has 3 aromatic carbocycles. The van der Waals surface area contributed by atoms with Crippen LogP contribution in [0.1, 0.15) is 46.1 Å². The number of alkyl halides is 6. The van der Waals surface area contributed by atoms with Gasteiger partial charge in [0.15, 0.2) is 0 Å². The maximum absolute atomic E-state index is 13.7. The molecule has 0 radical (unpaired) electrons. The highest BCUT2D eigenvalue weighted by Crippen LogP contribution is 2.43. The van der Waals surface area contributed by atoms with Crippen molar-refractivity contribution in [3.05, 3.63) is 95.2 Å². The molecule has 1 N–H and O–H groups in total. The van der Waals surface area contributed by atoms with Gasteiger partial charge in [-0.2, -0.15) is 26.3 Å². The molecule has 1 atom stereocenters. The number of hydrogen-bond acceptors (Lipinski definition) is 1. The van der Waals surface area contributed by atoms with Crippen LogP contribution in [0.3, 0.4) is 0 Å². The number of rotatable bonds is 3. The third kappa shape index (κ3) is 4.23. The SMILES string of the molecule is O=C(c1cc(C(F)(F)F)ccc1C(F)(F)F)N1CCCC1c1[nH]c2ccccc2c1-c1ccccc1. The highest BCUT2D eigenvalue weighted by Gasteiger charge is 2.42. The number of aromatic amines is 1. The number of likely N-dealkylation sites (tertiary alicyclic amines) is 1. The van der Waals surface area contributed by atoms with E-state index >= 15 is 0 Å². The van der Waals surface area contributed by atoms with E-state index in [1.165, 1.54) is 4.90 Å². The van der Waals surface area contributed by atoms with Gasteiger partial charge in [-0.25, -0.2) is 0 Å². The number of nitrogens with zero attached hydrogens (tertiary/aromatic N) is 1. The van der Waals surface area contributed by atoms with E-state index in [4.69, 9.17) is 0 Å². The van der Waals surface area contributed by atoms with Gasteiger partial charge >= 0.3 is 12.4 Å². The lowest BCUT2D eigenvalue weighted by Gasteiger charge is -2.27. The molecule has 36 heavy (non-hydrogen) atoms. The van der Waals surface area contributed by atoms with Crippen molar-refractivity contribution in [2.24, 2.45) is 0 Å². The average Bonchev–Trinajstić information content (AvgIpc) is 3.47. The first-order chi connectivity index (χ1) is 17.1. The largest absolute Gasteiger partial charge is 0.417 e. The molecular formula is C27H20F6N2O. The van der Waals surface area contributed by atoms with E-state index in [9.17, 15) is 31.1 Å². The quantitative estimate of drug-likeness (QED) is 0.285. The number of H-pyrrole nitrogens is 1. The Balaban J connectivity index is 1.63. The van der Waals surface area contributed by atoms with Crippen LogP contribution in [0.2, 0.25) is 0 Å². The summed E-state index contributed by atoms with van der Waals surface area (Å²) in [6.45, 7) is 0.126. The number of hydrogen-bond donors (Lipinski definition) is 1. The summed E-state index contributed by atoms with van der Waals surface area (Å²) in [4.78, 5) is 18.1. The van der Waals surface area contributed by atoms with E-state index in [0.29, 0.717) is 36.7 Å². The van der Waals surface area contributed by atoms with Crippen LogP contribution in [0.4, 0.5) is 26.3 Å².